The minimum absolute atomic E-state index is 0.495. The van der Waals surface area contributed by atoms with Crippen LogP contribution < -0.4 is 10.1 Å². The lowest BCUT2D eigenvalue weighted by atomic mass is 10.0. The molecule has 3 atom stereocenters. The number of benzene rings is 1. The van der Waals surface area contributed by atoms with Crippen LogP contribution in [-0.2, 0) is 6.42 Å². The van der Waals surface area contributed by atoms with E-state index in [1.165, 1.54) is 30.6 Å². The fraction of sp³-hybridized carbons (Fsp3) is 0.647. The Morgan fingerprint density at radius 3 is 2.90 bits per heavy atom. The first kappa shape index (κ1) is 15.7. The van der Waals surface area contributed by atoms with Crippen molar-refractivity contribution >= 4 is 11.8 Å². The van der Waals surface area contributed by atoms with Crippen LogP contribution in [0.3, 0.4) is 0 Å². The molecule has 2 rings (SSSR count). The van der Waals surface area contributed by atoms with E-state index >= 15 is 0 Å². The van der Waals surface area contributed by atoms with Crippen molar-refractivity contribution in [3.8, 4) is 5.75 Å². The number of nitrogens with one attached hydrogen (secondary N) is 1. The van der Waals surface area contributed by atoms with Crippen LogP contribution in [0.15, 0.2) is 24.3 Å². The topological polar surface area (TPSA) is 21.3 Å². The van der Waals surface area contributed by atoms with Crippen LogP contribution in [0.1, 0.15) is 38.7 Å². The van der Waals surface area contributed by atoms with Gasteiger partial charge in [-0.2, -0.15) is 11.8 Å². The smallest absolute Gasteiger partial charge is 0.122 e. The molecule has 0 saturated heterocycles. The van der Waals surface area contributed by atoms with Gasteiger partial charge in [0.15, 0.2) is 0 Å². The predicted molar refractivity (Wildman–Crippen MR) is 88.9 cm³/mol. The molecule has 3 heteroatoms. The predicted octanol–water partition coefficient (Wildman–Crippen LogP) is 3.89. The Morgan fingerprint density at radius 2 is 2.15 bits per heavy atom. The van der Waals surface area contributed by atoms with Crippen molar-refractivity contribution in [1.29, 1.82) is 0 Å². The van der Waals surface area contributed by atoms with Gasteiger partial charge in [-0.1, -0.05) is 31.5 Å². The highest BCUT2D eigenvalue weighted by Gasteiger charge is 2.28. The lowest BCUT2D eigenvalue weighted by Crippen LogP contribution is -2.41. The van der Waals surface area contributed by atoms with E-state index < -0.39 is 0 Å². The number of hydrogen-bond donors (Lipinski definition) is 1. The van der Waals surface area contributed by atoms with Gasteiger partial charge in [0.1, 0.15) is 5.75 Å². The van der Waals surface area contributed by atoms with Gasteiger partial charge in [0.25, 0.3) is 0 Å². The van der Waals surface area contributed by atoms with Crippen LogP contribution in [0.5, 0.6) is 5.75 Å². The summed E-state index contributed by atoms with van der Waals surface area (Å²) in [5.41, 5.74) is 1.30. The highest BCUT2D eigenvalue weighted by molar-refractivity contribution is 7.99. The molecule has 1 fully saturated rings. The summed E-state index contributed by atoms with van der Waals surface area (Å²) >= 11 is 2.12. The maximum absolute atomic E-state index is 5.44. The van der Waals surface area contributed by atoms with Crippen LogP contribution in [0.4, 0.5) is 0 Å². The third-order valence-corrected chi connectivity index (χ3v) is 5.38. The van der Waals surface area contributed by atoms with Gasteiger partial charge in [-0.25, -0.2) is 0 Å². The molecule has 0 aromatic heterocycles. The van der Waals surface area contributed by atoms with Crippen molar-refractivity contribution in [2.45, 2.75) is 56.9 Å². The lowest BCUT2D eigenvalue weighted by molar-refractivity contribution is 0.401. The molecule has 20 heavy (non-hydrogen) atoms. The molecule has 0 heterocycles. The number of hydrogen-bond acceptors (Lipinski definition) is 3. The Balaban J connectivity index is 1.90. The highest BCUT2D eigenvalue weighted by atomic mass is 32.2. The van der Waals surface area contributed by atoms with E-state index in [4.69, 9.17) is 4.74 Å². The zero-order valence-corrected chi connectivity index (χ0v) is 13.7. The van der Waals surface area contributed by atoms with Crippen LogP contribution in [0.2, 0.25) is 0 Å². The molecule has 0 spiro atoms. The average Bonchev–Trinajstić information content (AvgIpc) is 2.87. The molecule has 1 aromatic carbocycles. The molecule has 2 nitrogen and oxygen atoms in total. The van der Waals surface area contributed by atoms with Crippen LogP contribution >= 0.6 is 11.8 Å². The van der Waals surface area contributed by atoms with E-state index in [1.807, 2.05) is 12.1 Å². The largest absolute Gasteiger partial charge is 0.496 e. The van der Waals surface area contributed by atoms with E-state index in [0.29, 0.717) is 12.1 Å². The van der Waals surface area contributed by atoms with E-state index in [0.717, 1.165) is 17.4 Å². The Morgan fingerprint density at radius 1 is 1.35 bits per heavy atom. The Hall–Kier alpha value is -0.670. The lowest BCUT2D eigenvalue weighted by Gasteiger charge is -2.25. The maximum Gasteiger partial charge on any atom is 0.122 e. The summed E-state index contributed by atoms with van der Waals surface area (Å²) in [5, 5.41) is 4.64. The molecular formula is C17H27NOS. The van der Waals surface area contributed by atoms with E-state index in [1.54, 1.807) is 7.11 Å². The van der Waals surface area contributed by atoms with Gasteiger partial charge in [0.05, 0.1) is 7.11 Å². The zero-order valence-electron chi connectivity index (χ0n) is 12.9. The monoisotopic (exact) mass is 293 g/mol. The van der Waals surface area contributed by atoms with Crippen LogP contribution in [0, 0.1) is 0 Å². The summed E-state index contributed by atoms with van der Waals surface area (Å²) in [6.45, 7) is 4.55. The first-order valence-electron chi connectivity index (χ1n) is 7.74. The summed E-state index contributed by atoms with van der Waals surface area (Å²) in [5.74, 6) is 2.23. The Labute approximate surface area is 127 Å². The Bertz CT molecular complexity index is 410. The van der Waals surface area contributed by atoms with Gasteiger partial charge in [-0.3, -0.25) is 0 Å². The van der Waals surface area contributed by atoms with Gasteiger partial charge in [0.2, 0.25) is 0 Å². The molecule has 1 aliphatic rings. The SMILES string of the molecule is CCSC1CCCC1NC(C)Cc1ccccc1OC. The molecule has 112 valence electrons. The quantitative estimate of drug-likeness (QED) is 0.824. The van der Waals surface area contributed by atoms with Gasteiger partial charge in [-0.15, -0.1) is 0 Å². The van der Waals surface area contributed by atoms with Crippen molar-refractivity contribution in [2.24, 2.45) is 0 Å². The first-order chi connectivity index (χ1) is 9.74. The molecule has 0 amide bonds. The maximum atomic E-state index is 5.44. The van der Waals surface area contributed by atoms with Crippen molar-refractivity contribution in [3.63, 3.8) is 0 Å². The molecular weight excluding hydrogens is 266 g/mol. The molecule has 0 aliphatic heterocycles. The molecule has 0 radical (unpaired) electrons. The van der Waals surface area contributed by atoms with Crippen molar-refractivity contribution in [2.75, 3.05) is 12.9 Å². The zero-order chi connectivity index (χ0) is 14.4. The summed E-state index contributed by atoms with van der Waals surface area (Å²) in [6.07, 6.45) is 5.10. The van der Waals surface area contributed by atoms with Crippen LogP contribution in [-0.4, -0.2) is 30.2 Å². The fourth-order valence-corrected chi connectivity index (χ4v) is 4.36. The summed E-state index contributed by atoms with van der Waals surface area (Å²) in [7, 11) is 1.75. The fourth-order valence-electron chi connectivity index (χ4n) is 3.16. The third-order valence-electron chi connectivity index (χ3n) is 4.05. The second kappa shape index (κ2) is 7.94. The molecule has 1 aromatic rings. The number of para-hydroxylation sites is 1. The normalized spacial score (nSPS) is 23.8. The van der Waals surface area contributed by atoms with Crippen molar-refractivity contribution in [3.05, 3.63) is 29.8 Å². The van der Waals surface area contributed by atoms with Gasteiger partial charge < -0.3 is 10.1 Å². The average molecular weight is 293 g/mol. The number of methoxy groups -OCH3 is 1. The molecule has 1 aliphatic carbocycles. The highest BCUT2D eigenvalue weighted by Crippen LogP contribution is 2.30. The second-order valence-corrected chi connectivity index (χ2v) is 7.13. The summed E-state index contributed by atoms with van der Waals surface area (Å²) < 4.78 is 5.44. The third kappa shape index (κ3) is 4.16. The van der Waals surface area contributed by atoms with E-state index in [2.05, 4.69) is 43.1 Å². The van der Waals surface area contributed by atoms with Gasteiger partial charge in [-0.05, 0) is 43.6 Å². The minimum Gasteiger partial charge on any atom is -0.496 e. The second-order valence-electron chi connectivity index (χ2n) is 5.61. The summed E-state index contributed by atoms with van der Waals surface area (Å²) in [4.78, 5) is 0. The number of ether oxygens (including phenoxy) is 1. The number of rotatable bonds is 7. The molecule has 3 unspecified atom stereocenters. The molecule has 1 N–H and O–H groups in total. The Kier molecular flexibility index (Phi) is 6.24. The van der Waals surface area contributed by atoms with Crippen molar-refractivity contribution in [1.82, 2.24) is 5.32 Å². The van der Waals surface area contributed by atoms with E-state index in [-0.39, 0.29) is 0 Å². The first-order valence-corrected chi connectivity index (χ1v) is 8.79. The van der Waals surface area contributed by atoms with Crippen molar-refractivity contribution < 1.29 is 4.74 Å². The number of thioether (sulfide) groups is 1. The van der Waals surface area contributed by atoms with E-state index in [9.17, 15) is 0 Å². The summed E-state index contributed by atoms with van der Waals surface area (Å²) in [6, 6.07) is 9.53. The molecule has 0 bridgehead atoms. The van der Waals surface area contributed by atoms with Crippen LogP contribution in [0.25, 0.3) is 0 Å². The molecule has 1 saturated carbocycles. The van der Waals surface area contributed by atoms with Gasteiger partial charge in [0, 0.05) is 17.3 Å². The standard InChI is InChI=1S/C17H27NOS/c1-4-20-17-11-7-9-15(17)18-13(2)12-14-8-5-6-10-16(14)19-3/h5-6,8,10,13,15,17-18H,4,7,9,11-12H2,1-3H3. The van der Waals surface area contributed by atoms with Gasteiger partial charge >= 0.3 is 0 Å². The minimum atomic E-state index is 0.495.